The Kier molecular flexibility index (Phi) is 27.2. The van der Waals surface area contributed by atoms with Gasteiger partial charge in [-0.15, -0.1) is 0 Å². The van der Waals surface area contributed by atoms with E-state index in [1.165, 1.54) is 239 Å². The van der Waals surface area contributed by atoms with Crippen LogP contribution in [0.1, 0.15) is 221 Å². The molecule has 0 fully saturated rings. The summed E-state index contributed by atoms with van der Waals surface area (Å²) in [6.07, 6.45) is 29.1. The number of thiazole rings is 2. The van der Waals surface area contributed by atoms with E-state index in [1.54, 1.807) is 0 Å². The van der Waals surface area contributed by atoms with E-state index >= 15 is 0 Å². The summed E-state index contributed by atoms with van der Waals surface area (Å²) in [7, 11) is 0. The molecule has 0 aliphatic rings. The molecule has 6 heterocycles. The van der Waals surface area contributed by atoms with Crippen molar-refractivity contribution in [2.24, 2.45) is 23.7 Å². The van der Waals surface area contributed by atoms with Gasteiger partial charge in [-0.1, -0.05) is 80.1 Å². The molecule has 10 heteroatoms. The van der Waals surface area contributed by atoms with Gasteiger partial charge in [-0.3, -0.25) is 0 Å². The van der Waals surface area contributed by atoms with Crippen LogP contribution in [-0.4, -0.2) is 46.7 Å². The summed E-state index contributed by atoms with van der Waals surface area (Å²) in [5.74, 6) is 3.11. The number of benzene rings is 1. The van der Waals surface area contributed by atoms with Crippen molar-refractivity contribution in [3.8, 4) is 40.7 Å². The summed E-state index contributed by atoms with van der Waals surface area (Å²) in [6, 6.07) is 20.2. The second kappa shape index (κ2) is 32.6. The van der Waals surface area contributed by atoms with Crippen LogP contribution < -0.4 is 5.79 Å². The molecule has 2 nitrogen and oxygen atoms in total. The van der Waals surface area contributed by atoms with Gasteiger partial charge in [0.2, 0.25) is 0 Å². The molecule has 2 unspecified atom stereocenters. The minimum atomic E-state index is -2.75. The van der Waals surface area contributed by atoms with Gasteiger partial charge in [0.05, 0.1) is 0 Å². The molecule has 7 aromatic rings. The van der Waals surface area contributed by atoms with Crippen molar-refractivity contribution in [2.45, 2.75) is 251 Å². The molecule has 1 aromatic carbocycles. The van der Waals surface area contributed by atoms with Crippen molar-refractivity contribution in [3.05, 3.63) is 58.3 Å². The van der Waals surface area contributed by atoms with E-state index < -0.39 is 36.8 Å². The predicted octanol–water partition coefficient (Wildman–Crippen LogP) is 24.7. The first-order chi connectivity index (χ1) is 37.8. The molecule has 78 heavy (non-hydrogen) atoms. The maximum atomic E-state index is 5.97. The third kappa shape index (κ3) is 17.3. The Balaban J connectivity index is 1.43. The van der Waals surface area contributed by atoms with Crippen LogP contribution in [0.5, 0.6) is 0 Å². The molecule has 2 atom stereocenters. The number of rotatable bonds is 38. The topological polar surface area (TPSA) is 25.8 Å². The molecule has 0 radical (unpaired) electrons. The summed E-state index contributed by atoms with van der Waals surface area (Å²) in [5, 5.41) is 2.40. The standard InChI is InChI=1S/C44H50N2S6.6C4H9.2Sn/c1-27(2)11-7-13-29(5)17-19-31-21-23-35(49-31)43-45-39-37(33-15-9-25-47-33)42-40(38(41(39)51-43)34-16-10-26-48-34)46-44(52-42)36-24-22-32(50-36)20-18-30(6)14-8-12-28(3)4;6*1-3-4-2;;/h9-10,15-16,21-24,27-30H,7-8,11-14,17-20H2,1-6H3;6*1,3-4H2,2H3;;. The van der Waals surface area contributed by atoms with Crippen molar-refractivity contribution >= 4 is 131 Å². The second-order valence-corrected chi connectivity index (χ2v) is 59.9. The average molecular weight is 1380 g/mol. The molecule has 0 amide bonds. The predicted molar refractivity (Wildman–Crippen MR) is 367 cm³/mol. The maximum absolute atomic E-state index is 5.97. The van der Waals surface area contributed by atoms with E-state index in [0.717, 1.165) is 23.7 Å². The third-order valence-electron chi connectivity index (χ3n) is 17.5. The number of nitrogens with zero attached hydrogens (tertiary/aromatic N) is 2. The van der Waals surface area contributed by atoms with E-state index in [1.807, 2.05) is 51.1 Å². The van der Waals surface area contributed by atoms with Gasteiger partial charge in [0.25, 0.3) is 0 Å². The van der Waals surface area contributed by atoms with Crippen molar-refractivity contribution in [2.75, 3.05) is 0 Å². The Morgan fingerprint density at radius 3 is 1.01 bits per heavy atom. The van der Waals surface area contributed by atoms with Crippen LogP contribution in [-0.2, 0) is 12.8 Å². The fourth-order valence-corrected chi connectivity index (χ4v) is 57.3. The van der Waals surface area contributed by atoms with E-state index in [0.29, 0.717) is 0 Å². The van der Waals surface area contributed by atoms with Crippen molar-refractivity contribution in [1.82, 2.24) is 9.97 Å². The quantitative estimate of drug-likeness (QED) is 0.0361. The number of hydrogen-bond donors (Lipinski definition) is 0. The zero-order valence-corrected chi connectivity index (χ0v) is 61.7. The Morgan fingerprint density at radius 1 is 0.359 bits per heavy atom. The normalized spacial score (nSPS) is 13.4. The zero-order chi connectivity index (χ0) is 55.7. The molecule has 0 N–H and O–H groups in total. The molecule has 6 aromatic heterocycles. The molecule has 0 saturated carbocycles. The van der Waals surface area contributed by atoms with Crippen LogP contribution in [0.3, 0.4) is 0 Å². The molecule has 0 aliphatic carbocycles. The first-order valence-corrected chi connectivity index (χ1v) is 51.8. The Hall–Kier alpha value is -0.603. The van der Waals surface area contributed by atoms with Gasteiger partial charge in [0.1, 0.15) is 0 Å². The van der Waals surface area contributed by atoms with Crippen LogP contribution >= 0.6 is 68.0 Å². The van der Waals surface area contributed by atoms with Gasteiger partial charge < -0.3 is 0 Å². The van der Waals surface area contributed by atoms with E-state index in [9.17, 15) is 0 Å². The minimum absolute atomic E-state index is 0.760. The number of fused-ring (bicyclic) bond motifs is 2. The van der Waals surface area contributed by atoms with E-state index in [4.69, 9.17) is 9.97 Å². The number of aryl methyl sites for hydroxylation is 2. The van der Waals surface area contributed by atoms with Gasteiger partial charge in [-0.2, -0.15) is 0 Å². The second-order valence-electron chi connectivity index (χ2n) is 25.1. The Bertz CT molecular complexity index is 2540. The van der Waals surface area contributed by atoms with E-state index in [2.05, 4.69) is 154 Å². The fourth-order valence-electron chi connectivity index (χ4n) is 12.4. The monoisotopic (exact) mass is 1380 g/mol. The summed E-state index contributed by atoms with van der Waals surface area (Å²) < 4.78 is 15.4. The van der Waals surface area contributed by atoms with Crippen molar-refractivity contribution < 1.29 is 0 Å². The molecular formula is C68H104N2S6Sn2. The van der Waals surface area contributed by atoms with Crippen molar-refractivity contribution in [1.29, 1.82) is 0 Å². The number of thiophene rings is 4. The van der Waals surface area contributed by atoms with Gasteiger partial charge in [0, 0.05) is 0 Å². The number of hydrogen-bond acceptors (Lipinski definition) is 8. The number of aromatic nitrogens is 2. The van der Waals surface area contributed by atoms with E-state index in [-0.39, 0.29) is 0 Å². The Morgan fingerprint density at radius 2 is 0.692 bits per heavy atom. The van der Waals surface area contributed by atoms with Crippen LogP contribution in [0.4, 0.5) is 0 Å². The zero-order valence-electron chi connectivity index (χ0n) is 51.1. The summed E-state index contributed by atoms with van der Waals surface area (Å²) >= 11 is 6.92. The fraction of sp³-hybridized carbons (Fsp3) is 0.647. The summed E-state index contributed by atoms with van der Waals surface area (Å²) in [5.41, 5.74) is 5.23. The number of unbranched alkanes of at least 4 members (excludes halogenated alkanes) is 6. The molecular weight excluding hydrogens is 1270 g/mol. The molecule has 0 aliphatic heterocycles. The van der Waals surface area contributed by atoms with Gasteiger partial charge in [-0.25, -0.2) is 0 Å². The van der Waals surface area contributed by atoms with Crippen LogP contribution in [0.25, 0.3) is 61.1 Å². The summed E-state index contributed by atoms with van der Waals surface area (Å²) in [4.78, 5) is 20.5. The molecule has 0 spiro atoms. The summed E-state index contributed by atoms with van der Waals surface area (Å²) in [6.45, 7) is 29.0. The first kappa shape index (κ1) is 64.9. The molecule has 7 rings (SSSR count). The third-order valence-corrected chi connectivity index (χ3v) is 61.0. The van der Waals surface area contributed by atoms with Crippen LogP contribution in [0.15, 0.2) is 48.5 Å². The van der Waals surface area contributed by atoms with Gasteiger partial charge in [0.15, 0.2) is 0 Å². The van der Waals surface area contributed by atoms with Crippen molar-refractivity contribution in [3.63, 3.8) is 0 Å². The first-order valence-electron chi connectivity index (χ1n) is 32.0. The Labute approximate surface area is 509 Å². The van der Waals surface area contributed by atoms with Crippen LogP contribution in [0.2, 0.25) is 26.6 Å². The van der Waals surface area contributed by atoms with Gasteiger partial charge >= 0.3 is 411 Å². The van der Waals surface area contributed by atoms with Crippen LogP contribution in [0, 0.1) is 23.7 Å². The van der Waals surface area contributed by atoms with Gasteiger partial charge in [-0.05, 0) is 23.7 Å². The SMILES string of the molecule is CCC[CH2][Sn]([CH2]CCC)([CH2]CCC)[c]1ccc(-c2c3nc(-c4ccc(CCC(C)CCCC(C)C)s4)sc3c(-c3cc[c]([Sn]([CH2]CCC)([CH2]CCC)[CH2]CCC)s3)c3nc(-c4ccc(CCC(C)CCCC(C)C)s4)sc23)s1. The molecule has 430 valence electrons. The molecule has 0 saturated heterocycles. The average Bonchev–Trinajstić information content (AvgIpc) is 4.49. The molecule has 0 bridgehead atoms.